The molecule has 0 spiro atoms. The molecular formula is C39H26N2O2. The molecule has 4 nitrogen and oxygen atoms in total. The molecule has 2 heterocycles. The normalized spacial score (nSPS) is 12.8. The third kappa shape index (κ3) is 3.84. The zero-order valence-corrected chi connectivity index (χ0v) is 23.5. The fourth-order valence-electron chi connectivity index (χ4n) is 6.40. The van der Waals surface area contributed by atoms with E-state index in [1.165, 1.54) is 4.90 Å². The first kappa shape index (κ1) is 25.0. The number of carbonyl (C=O) groups excluding carboxylic acids is 2. The fourth-order valence-corrected chi connectivity index (χ4v) is 6.40. The number of rotatable bonds is 4. The molecule has 7 aromatic rings. The van der Waals surface area contributed by atoms with Crippen LogP contribution in [0.2, 0.25) is 0 Å². The van der Waals surface area contributed by atoms with Crippen molar-refractivity contribution >= 4 is 39.3 Å². The molecule has 1 aliphatic rings. The van der Waals surface area contributed by atoms with Crippen LogP contribution in [-0.2, 0) is 0 Å². The van der Waals surface area contributed by atoms with E-state index in [-0.39, 0.29) is 11.8 Å². The van der Waals surface area contributed by atoms with E-state index in [1.807, 2.05) is 84.9 Å². The Bertz CT molecular complexity index is 2230. The van der Waals surface area contributed by atoms with E-state index in [9.17, 15) is 9.59 Å². The van der Waals surface area contributed by atoms with Gasteiger partial charge in [-0.2, -0.15) is 0 Å². The lowest BCUT2D eigenvalue weighted by Gasteiger charge is -2.20. The Labute approximate surface area is 249 Å². The highest BCUT2D eigenvalue weighted by Crippen LogP contribution is 2.41. The van der Waals surface area contributed by atoms with Crippen molar-refractivity contribution in [1.29, 1.82) is 0 Å². The van der Waals surface area contributed by atoms with Crippen LogP contribution >= 0.6 is 0 Å². The first-order chi connectivity index (χ1) is 21.1. The molecule has 0 bridgehead atoms. The zero-order chi connectivity index (χ0) is 29.1. The van der Waals surface area contributed by atoms with Gasteiger partial charge in [-0.1, -0.05) is 103 Å². The summed E-state index contributed by atoms with van der Waals surface area (Å²) in [6.07, 6.45) is 0. The summed E-state index contributed by atoms with van der Waals surface area (Å²) in [6, 6.07) is 46.2. The third-order valence-corrected chi connectivity index (χ3v) is 8.39. The second-order valence-corrected chi connectivity index (χ2v) is 11.0. The first-order valence-corrected chi connectivity index (χ1v) is 14.4. The second kappa shape index (κ2) is 9.68. The number of aryl methyl sites for hydroxylation is 1. The standard InChI is InChI=1S/C39H26N2O2/c1-25-19-21-30-29-15-8-9-17-33(29)40(36(30)23-25)35-18-10-16-31-37(35)39(43)41(38(31)42)34-22-20-28(26-11-4-2-5-12-26)24-32(34)27-13-6-3-7-14-27/h2-24H,1H3. The molecular weight excluding hydrogens is 528 g/mol. The van der Waals surface area contributed by atoms with Crippen LogP contribution in [0.3, 0.4) is 0 Å². The lowest BCUT2D eigenvalue weighted by molar-refractivity contribution is 0.0926. The number of fused-ring (bicyclic) bond motifs is 4. The number of hydrogen-bond donors (Lipinski definition) is 0. The molecule has 0 saturated heterocycles. The number of benzene rings is 6. The first-order valence-electron chi connectivity index (χ1n) is 14.4. The van der Waals surface area contributed by atoms with Gasteiger partial charge in [-0.15, -0.1) is 0 Å². The highest BCUT2D eigenvalue weighted by molar-refractivity contribution is 6.36. The van der Waals surface area contributed by atoms with E-state index in [0.717, 1.165) is 49.6 Å². The van der Waals surface area contributed by atoms with Gasteiger partial charge in [0.2, 0.25) is 0 Å². The summed E-state index contributed by atoms with van der Waals surface area (Å²) in [5.41, 5.74) is 9.07. The molecule has 0 fully saturated rings. The number of amides is 2. The van der Waals surface area contributed by atoms with Gasteiger partial charge in [0.05, 0.1) is 33.5 Å². The van der Waals surface area contributed by atoms with Crippen molar-refractivity contribution in [3.63, 3.8) is 0 Å². The third-order valence-electron chi connectivity index (χ3n) is 8.39. The highest BCUT2D eigenvalue weighted by Gasteiger charge is 2.40. The van der Waals surface area contributed by atoms with Crippen LogP contribution in [-0.4, -0.2) is 16.4 Å². The van der Waals surface area contributed by atoms with E-state index in [4.69, 9.17) is 0 Å². The number of carbonyl (C=O) groups is 2. The maximum Gasteiger partial charge on any atom is 0.268 e. The lowest BCUT2D eigenvalue weighted by atomic mass is 9.97. The highest BCUT2D eigenvalue weighted by atomic mass is 16.2. The van der Waals surface area contributed by atoms with Gasteiger partial charge in [0, 0.05) is 16.3 Å². The largest absolute Gasteiger partial charge is 0.308 e. The molecule has 8 rings (SSSR count). The van der Waals surface area contributed by atoms with Gasteiger partial charge in [-0.25, -0.2) is 4.90 Å². The average molecular weight is 555 g/mol. The molecule has 0 N–H and O–H groups in total. The van der Waals surface area contributed by atoms with Crippen LogP contribution < -0.4 is 4.90 Å². The van der Waals surface area contributed by atoms with Gasteiger partial charge >= 0.3 is 0 Å². The number of imide groups is 1. The second-order valence-electron chi connectivity index (χ2n) is 11.0. The predicted octanol–water partition coefficient (Wildman–Crippen LogP) is 9.23. The molecule has 0 saturated carbocycles. The minimum atomic E-state index is -0.321. The maximum absolute atomic E-state index is 14.5. The molecule has 6 aromatic carbocycles. The minimum absolute atomic E-state index is 0.316. The molecule has 4 heteroatoms. The number of aromatic nitrogens is 1. The van der Waals surface area contributed by atoms with Gasteiger partial charge in [0.25, 0.3) is 11.8 Å². The van der Waals surface area contributed by atoms with Crippen LogP contribution in [0.15, 0.2) is 140 Å². The Morgan fingerprint density at radius 2 is 1.16 bits per heavy atom. The maximum atomic E-state index is 14.5. The molecule has 204 valence electrons. The molecule has 1 aliphatic heterocycles. The molecule has 43 heavy (non-hydrogen) atoms. The number of hydrogen-bond acceptors (Lipinski definition) is 2. The topological polar surface area (TPSA) is 42.3 Å². The predicted molar refractivity (Wildman–Crippen MR) is 174 cm³/mol. The van der Waals surface area contributed by atoms with E-state index in [2.05, 4.69) is 60.0 Å². The van der Waals surface area contributed by atoms with Crippen LogP contribution in [0.1, 0.15) is 26.3 Å². The van der Waals surface area contributed by atoms with E-state index < -0.39 is 0 Å². The summed E-state index contributed by atoms with van der Waals surface area (Å²) in [4.78, 5) is 30.0. The van der Waals surface area contributed by atoms with Crippen LogP contribution in [0.4, 0.5) is 5.69 Å². The van der Waals surface area contributed by atoms with Gasteiger partial charge in [0.1, 0.15) is 0 Å². The zero-order valence-electron chi connectivity index (χ0n) is 23.5. The fraction of sp³-hybridized carbons (Fsp3) is 0.0256. The summed E-state index contributed by atoms with van der Waals surface area (Å²) in [5.74, 6) is -0.637. The quantitative estimate of drug-likeness (QED) is 0.204. The molecule has 0 atom stereocenters. The van der Waals surface area contributed by atoms with Gasteiger partial charge < -0.3 is 4.57 Å². The number of anilines is 1. The molecule has 0 unspecified atom stereocenters. The number of para-hydroxylation sites is 1. The molecule has 2 amide bonds. The Hall–Kier alpha value is -5.74. The smallest absolute Gasteiger partial charge is 0.268 e. The molecule has 0 aliphatic carbocycles. The van der Waals surface area contributed by atoms with Gasteiger partial charge in [-0.3, -0.25) is 9.59 Å². The van der Waals surface area contributed by atoms with Crippen LogP contribution in [0.25, 0.3) is 49.7 Å². The minimum Gasteiger partial charge on any atom is -0.308 e. The van der Waals surface area contributed by atoms with Crippen molar-refractivity contribution in [3.8, 4) is 27.9 Å². The molecule has 0 radical (unpaired) electrons. The Kier molecular flexibility index (Phi) is 5.63. The van der Waals surface area contributed by atoms with Crippen LogP contribution in [0.5, 0.6) is 0 Å². The summed E-state index contributed by atoms with van der Waals surface area (Å²) >= 11 is 0. The van der Waals surface area contributed by atoms with E-state index >= 15 is 0 Å². The van der Waals surface area contributed by atoms with Crippen molar-refractivity contribution in [2.24, 2.45) is 0 Å². The van der Waals surface area contributed by atoms with Crippen molar-refractivity contribution in [3.05, 3.63) is 156 Å². The van der Waals surface area contributed by atoms with Crippen molar-refractivity contribution in [2.45, 2.75) is 6.92 Å². The SMILES string of the molecule is Cc1ccc2c3ccccc3n(-c3cccc4c3C(=O)N(c3ccc(-c5ccccc5)cc3-c3ccccc3)C4=O)c2c1. The monoisotopic (exact) mass is 554 g/mol. The average Bonchev–Trinajstić information content (AvgIpc) is 3.51. The van der Waals surface area contributed by atoms with Crippen LogP contribution in [0, 0.1) is 6.92 Å². The van der Waals surface area contributed by atoms with Crippen molar-refractivity contribution in [2.75, 3.05) is 4.90 Å². The van der Waals surface area contributed by atoms with Gasteiger partial charge in [0.15, 0.2) is 0 Å². The van der Waals surface area contributed by atoms with Crippen molar-refractivity contribution in [1.82, 2.24) is 4.57 Å². The van der Waals surface area contributed by atoms with E-state index in [1.54, 1.807) is 6.07 Å². The summed E-state index contributed by atoms with van der Waals surface area (Å²) in [5, 5.41) is 2.21. The Balaban J connectivity index is 1.34. The Morgan fingerprint density at radius 3 is 1.95 bits per heavy atom. The summed E-state index contributed by atoms with van der Waals surface area (Å²) in [7, 11) is 0. The number of nitrogens with zero attached hydrogens (tertiary/aromatic N) is 2. The van der Waals surface area contributed by atoms with Gasteiger partial charge in [-0.05, 0) is 65.6 Å². The summed E-state index contributed by atoms with van der Waals surface area (Å²) in [6.45, 7) is 2.07. The molecule has 1 aromatic heterocycles. The van der Waals surface area contributed by atoms with Crippen molar-refractivity contribution < 1.29 is 9.59 Å². The summed E-state index contributed by atoms with van der Waals surface area (Å²) < 4.78 is 2.13. The Morgan fingerprint density at radius 1 is 0.465 bits per heavy atom. The van der Waals surface area contributed by atoms with E-state index in [0.29, 0.717) is 22.5 Å². The lowest BCUT2D eigenvalue weighted by Crippen LogP contribution is -2.30.